The van der Waals surface area contributed by atoms with Crippen molar-refractivity contribution in [2.75, 3.05) is 13.6 Å². The van der Waals surface area contributed by atoms with Gasteiger partial charge >= 0.3 is 0 Å². The molecule has 0 bridgehead atoms. The largest absolute Gasteiger partial charge is 0.341 e. The first-order valence-corrected chi connectivity index (χ1v) is 11.4. The highest BCUT2D eigenvalue weighted by Gasteiger charge is 2.30. The highest BCUT2D eigenvalue weighted by molar-refractivity contribution is 7.99. The molecule has 3 aromatic rings. The third kappa shape index (κ3) is 4.17. The second-order valence-electron chi connectivity index (χ2n) is 8.45. The van der Waals surface area contributed by atoms with Crippen molar-refractivity contribution < 1.29 is 4.79 Å². The number of fused-ring (bicyclic) bond motifs is 3. The summed E-state index contributed by atoms with van der Waals surface area (Å²) in [7, 11) is 1.77. The maximum Gasteiger partial charge on any atom is 0.259 e. The van der Waals surface area contributed by atoms with Crippen LogP contribution in [0, 0.1) is 12.8 Å². The van der Waals surface area contributed by atoms with Crippen LogP contribution < -0.4 is 5.43 Å². The Morgan fingerprint density at radius 3 is 2.74 bits per heavy atom. The van der Waals surface area contributed by atoms with Crippen LogP contribution in [0.2, 0.25) is 0 Å². The summed E-state index contributed by atoms with van der Waals surface area (Å²) in [6, 6.07) is 13.8. The molecule has 1 unspecified atom stereocenters. The van der Waals surface area contributed by atoms with Crippen LogP contribution in [0.1, 0.15) is 46.4 Å². The minimum atomic E-state index is -0.211. The maximum atomic E-state index is 13.4. The Morgan fingerprint density at radius 1 is 1.26 bits per heavy atom. The van der Waals surface area contributed by atoms with Crippen LogP contribution in [-0.4, -0.2) is 34.0 Å². The van der Waals surface area contributed by atoms with Crippen LogP contribution in [0.15, 0.2) is 64.5 Å². The van der Waals surface area contributed by atoms with Gasteiger partial charge < -0.3 is 9.47 Å². The van der Waals surface area contributed by atoms with Gasteiger partial charge in [0.2, 0.25) is 0 Å². The zero-order valence-electron chi connectivity index (χ0n) is 18.3. The molecule has 0 fully saturated rings. The lowest BCUT2D eigenvalue weighted by Gasteiger charge is -2.24. The van der Waals surface area contributed by atoms with E-state index in [0.29, 0.717) is 18.9 Å². The number of hydrogen-bond donors (Lipinski definition) is 0. The number of carbonyl (C=O) groups excluding carboxylic acids is 1. The molecule has 0 radical (unpaired) electrons. The molecule has 0 N–H and O–H groups in total. The molecule has 0 aliphatic carbocycles. The molecule has 1 aromatic carbocycles. The zero-order chi connectivity index (χ0) is 22.1. The number of aromatic nitrogens is 2. The highest BCUT2D eigenvalue weighted by Crippen LogP contribution is 2.44. The molecule has 1 aliphatic rings. The fraction of sp³-hybridized carbons (Fsp3) is 0.320. The van der Waals surface area contributed by atoms with Gasteiger partial charge in [-0.3, -0.25) is 14.6 Å². The van der Waals surface area contributed by atoms with Gasteiger partial charge in [-0.05, 0) is 36.6 Å². The molecule has 5 nitrogen and oxygen atoms in total. The number of rotatable bonds is 4. The number of benzene rings is 1. The van der Waals surface area contributed by atoms with Crippen LogP contribution in [0.4, 0.5) is 0 Å². The van der Waals surface area contributed by atoms with E-state index in [0.717, 1.165) is 27.5 Å². The van der Waals surface area contributed by atoms with Crippen molar-refractivity contribution in [1.29, 1.82) is 0 Å². The number of para-hydroxylation sites is 1. The van der Waals surface area contributed by atoms with E-state index in [4.69, 9.17) is 0 Å². The average Bonchev–Trinajstić information content (AvgIpc) is 2.91. The van der Waals surface area contributed by atoms with Crippen molar-refractivity contribution >= 4 is 17.7 Å². The fourth-order valence-corrected chi connectivity index (χ4v) is 5.50. The average molecular weight is 434 g/mol. The second kappa shape index (κ2) is 8.71. The smallest absolute Gasteiger partial charge is 0.259 e. The molecule has 1 atom stereocenters. The van der Waals surface area contributed by atoms with Crippen molar-refractivity contribution in [2.45, 2.75) is 37.3 Å². The van der Waals surface area contributed by atoms with Gasteiger partial charge in [0.05, 0.1) is 5.69 Å². The van der Waals surface area contributed by atoms with Gasteiger partial charge in [0.25, 0.3) is 5.91 Å². The summed E-state index contributed by atoms with van der Waals surface area (Å²) in [6.07, 6.45) is 4.20. The standard InChI is InChI=1S/C25H27N3O2S/c1-16(2)15-27(4)25(30)24-20-13-23(18-8-7-11-26-14-18)31-22-10-6-5-9-19(22)28(20)17(3)12-21(24)29/h5-12,14,16,23H,13,15H2,1-4H3. The lowest BCUT2D eigenvalue weighted by Crippen LogP contribution is -2.36. The Hall–Kier alpha value is -2.86. The minimum Gasteiger partial charge on any atom is -0.341 e. The topological polar surface area (TPSA) is 55.2 Å². The Bertz CT molecular complexity index is 1170. The van der Waals surface area contributed by atoms with E-state index >= 15 is 0 Å². The summed E-state index contributed by atoms with van der Waals surface area (Å²) in [5, 5.41) is 0.0479. The number of hydrogen-bond acceptors (Lipinski definition) is 4. The molecule has 0 saturated heterocycles. The first-order valence-electron chi connectivity index (χ1n) is 10.5. The predicted molar refractivity (Wildman–Crippen MR) is 125 cm³/mol. The number of carbonyl (C=O) groups is 1. The summed E-state index contributed by atoms with van der Waals surface area (Å²) >= 11 is 1.75. The molecule has 6 heteroatoms. The minimum absolute atomic E-state index is 0.0479. The van der Waals surface area contributed by atoms with Gasteiger partial charge in [-0.15, -0.1) is 11.8 Å². The number of pyridine rings is 2. The second-order valence-corrected chi connectivity index (χ2v) is 9.70. The van der Waals surface area contributed by atoms with Crippen LogP contribution in [-0.2, 0) is 6.42 Å². The molecule has 160 valence electrons. The van der Waals surface area contributed by atoms with Gasteiger partial charge in [0.15, 0.2) is 5.43 Å². The summed E-state index contributed by atoms with van der Waals surface area (Å²) in [5.74, 6) is 0.108. The van der Waals surface area contributed by atoms with Gasteiger partial charge in [0, 0.05) is 60.0 Å². The van der Waals surface area contributed by atoms with Crippen molar-refractivity contribution in [3.05, 3.63) is 87.6 Å². The molecule has 0 spiro atoms. The van der Waals surface area contributed by atoms with Gasteiger partial charge in [-0.25, -0.2) is 0 Å². The number of nitrogens with zero attached hydrogens (tertiary/aromatic N) is 3. The van der Waals surface area contributed by atoms with Crippen molar-refractivity contribution in [3.8, 4) is 5.69 Å². The van der Waals surface area contributed by atoms with Gasteiger partial charge in [-0.2, -0.15) is 0 Å². The highest BCUT2D eigenvalue weighted by atomic mass is 32.2. The molecule has 1 aliphatic heterocycles. The van der Waals surface area contributed by atoms with Gasteiger partial charge in [0.1, 0.15) is 5.56 Å². The zero-order valence-corrected chi connectivity index (χ0v) is 19.1. The Labute approximate surface area is 187 Å². The lowest BCUT2D eigenvalue weighted by molar-refractivity contribution is 0.0776. The van der Waals surface area contributed by atoms with E-state index in [1.54, 1.807) is 36.0 Å². The molecule has 0 saturated carbocycles. The predicted octanol–water partition coefficient (Wildman–Crippen LogP) is 4.66. The van der Waals surface area contributed by atoms with Gasteiger partial charge in [-0.1, -0.05) is 32.0 Å². The van der Waals surface area contributed by atoms with Crippen LogP contribution >= 0.6 is 11.8 Å². The van der Waals surface area contributed by atoms with Crippen molar-refractivity contribution in [3.63, 3.8) is 0 Å². The van der Waals surface area contributed by atoms with Crippen molar-refractivity contribution in [1.82, 2.24) is 14.5 Å². The molecule has 31 heavy (non-hydrogen) atoms. The van der Waals surface area contributed by atoms with E-state index in [1.807, 2.05) is 31.3 Å². The number of thioether (sulfide) groups is 1. The summed E-state index contributed by atoms with van der Waals surface area (Å²) < 4.78 is 2.09. The normalized spacial score (nSPS) is 15.2. The SMILES string of the molecule is Cc1cc(=O)c(C(=O)N(C)CC(C)C)c2n1-c1ccccc1SC(c1cccnc1)C2. The van der Waals surface area contributed by atoms with E-state index in [-0.39, 0.29) is 22.1 Å². The van der Waals surface area contributed by atoms with E-state index < -0.39 is 0 Å². The molecular formula is C25H27N3O2S. The quantitative estimate of drug-likeness (QED) is 0.601. The molecule has 4 rings (SSSR count). The lowest BCUT2D eigenvalue weighted by atomic mass is 10.0. The van der Waals surface area contributed by atoms with E-state index in [2.05, 4.69) is 41.6 Å². The Kier molecular flexibility index (Phi) is 6.01. The van der Waals surface area contributed by atoms with E-state index in [1.165, 1.54) is 0 Å². The van der Waals surface area contributed by atoms with Crippen LogP contribution in [0.3, 0.4) is 0 Å². The Balaban J connectivity index is 1.95. The fourth-order valence-electron chi connectivity index (χ4n) is 4.24. The molecule has 3 heterocycles. The van der Waals surface area contributed by atoms with E-state index in [9.17, 15) is 9.59 Å². The monoisotopic (exact) mass is 433 g/mol. The first kappa shape index (κ1) is 21.4. The third-order valence-corrected chi connectivity index (χ3v) is 6.83. The van der Waals surface area contributed by atoms with Crippen molar-refractivity contribution in [2.24, 2.45) is 5.92 Å². The maximum absolute atomic E-state index is 13.4. The van der Waals surface area contributed by atoms with Crippen LogP contribution in [0.5, 0.6) is 0 Å². The molecule has 2 aromatic heterocycles. The Morgan fingerprint density at radius 2 is 2.03 bits per heavy atom. The summed E-state index contributed by atoms with van der Waals surface area (Å²) in [4.78, 5) is 33.7. The molecule has 1 amide bonds. The molecular weight excluding hydrogens is 406 g/mol. The third-order valence-electron chi connectivity index (χ3n) is 5.51. The van der Waals surface area contributed by atoms with Crippen LogP contribution in [0.25, 0.3) is 5.69 Å². The summed E-state index contributed by atoms with van der Waals surface area (Å²) in [5.41, 5.74) is 3.77. The number of aryl methyl sites for hydroxylation is 1. The number of amides is 1. The first-order chi connectivity index (χ1) is 14.9. The summed E-state index contributed by atoms with van der Waals surface area (Å²) in [6.45, 7) is 6.67.